The molecule has 29 heavy (non-hydrogen) atoms. The van der Waals surface area contributed by atoms with Gasteiger partial charge in [0.15, 0.2) is 0 Å². The molecule has 0 N–H and O–H groups in total. The smallest absolute Gasteiger partial charge is 1.00 e. The zero-order chi connectivity index (χ0) is 19.6. The Labute approximate surface area is 200 Å². The maximum absolute atomic E-state index is 2.40. The number of nitrogens with zero attached hydrogens (tertiary/aromatic N) is 2. The third kappa shape index (κ3) is 6.47. The van der Waals surface area contributed by atoms with Gasteiger partial charge in [-0.1, -0.05) is 0 Å². The van der Waals surface area contributed by atoms with E-state index in [0.29, 0.717) is 0 Å². The van der Waals surface area contributed by atoms with Gasteiger partial charge in [-0.15, -0.1) is 0 Å². The molecule has 1 aliphatic carbocycles. The van der Waals surface area contributed by atoms with Crippen LogP contribution in [0.2, 0.25) is 0 Å². The fourth-order valence-corrected chi connectivity index (χ4v) is 4.88. The first-order valence-electron chi connectivity index (χ1n) is 9.54. The van der Waals surface area contributed by atoms with Crippen LogP contribution in [0.3, 0.4) is 0 Å². The van der Waals surface area contributed by atoms with Gasteiger partial charge >= 0.3 is 177 Å². The van der Waals surface area contributed by atoms with Gasteiger partial charge in [0.25, 0.3) is 0 Å². The fraction of sp³-hybridized carbons (Fsp3) is 0.333. The minimum Gasteiger partial charge on any atom is -1.00 e. The zero-order valence-corrected chi connectivity index (χ0v) is 21.0. The first kappa shape index (κ1) is 26.0. The summed E-state index contributed by atoms with van der Waals surface area (Å²) >= 11 is 2.21. The molecule has 0 saturated heterocycles. The van der Waals surface area contributed by atoms with Gasteiger partial charge in [0.1, 0.15) is 0 Å². The monoisotopic (exact) mass is 463 g/mol. The third-order valence-electron chi connectivity index (χ3n) is 5.04. The summed E-state index contributed by atoms with van der Waals surface area (Å²) in [4.78, 5) is 2.23. The summed E-state index contributed by atoms with van der Waals surface area (Å²) in [7, 11) is 4.25. The van der Waals surface area contributed by atoms with Gasteiger partial charge in [0, 0.05) is 0 Å². The van der Waals surface area contributed by atoms with E-state index in [1.807, 2.05) is 0 Å². The summed E-state index contributed by atoms with van der Waals surface area (Å²) in [5.74, 6) is 0. The first-order valence-corrected chi connectivity index (χ1v) is 10.2. The van der Waals surface area contributed by atoms with Crippen molar-refractivity contribution in [2.75, 3.05) is 24.0 Å². The largest absolute Gasteiger partial charge is 1.00 e. The van der Waals surface area contributed by atoms with Gasteiger partial charge in [-0.25, -0.2) is 0 Å². The molecule has 0 unspecified atom stereocenters. The molecule has 0 radical (unpaired) electrons. The van der Waals surface area contributed by atoms with Gasteiger partial charge in [0.05, 0.1) is 0 Å². The van der Waals surface area contributed by atoms with E-state index in [1.54, 1.807) is 0 Å². The van der Waals surface area contributed by atoms with Crippen molar-refractivity contribution in [2.24, 2.45) is 0 Å². The number of benzene rings is 2. The molecule has 2 aromatic rings. The molecule has 2 nitrogen and oxygen atoms in total. The number of aryl methyl sites for hydroxylation is 3. The molecule has 1 aliphatic rings. The van der Waals surface area contributed by atoms with E-state index in [4.69, 9.17) is 0 Å². The molecule has 0 amide bonds. The Morgan fingerprint density at radius 1 is 0.931 bits per heavy atom. The number of allylic oxidation sites excluding steroid dienone is 2. The number of hydrogen-bond acceptors (Lipinski definition) is 2. The van der Waals surface area contributed by atoms with E-state index in [0.717, 1.165) is 19.5 Å². The predicted octanol–water partition coefficient (Wildman–Crippen LogP) is -0.637. The molecule has 153 valence electrons. The molecule has 0 heterocycles. The van der Waals surface area contributed by atoms with Crippen LogP contribution < -0.4 is 28.2 Å². The Morgan fingerprint density at radius 2 is 1.55 bits per heavy atom. The van der Waals surface area contributed by atoms with Crippen LogP contribution in [0.1, 0.15) is 34.2 Å². The number of rotatable bonds is 6. The maximum atomic E-state index is 2.40. The van der Waals surface area contributed by atoms with E-state index in [-0.39, 0.29) is 24.8 Å². The second kappa shape index (κ2) is 11.4. The SMILES string of the molecule is Cc1cc(C)c([N]([Ti+2])Cc2ccccc2C2=CC(CN(C)C)=CC2)c(C)c1.[Cl-].[Cl-]. The van der Waals surface area contributed by atoms with Crippen LogP contribution in [0.15, 0.2) is 54.1 Å². The van der Waals surface area contributed by atoms with Crippen LogP contribution >= 0.6 is 0 Å². The van der Waals surface area contributed by atoms with E-state index < -0.39 is 0 Å². The van der Waals surface area contributed by atoms with Gasteiger partial charge in [-0.2, -0.15) is 0 Å². The second-order valence-corrected chi connectivity index (χ2v) is 8.72. The molecule has 0 aliphatic heterocycles. The molecule has 5 heteroatoms. The number of hydrogen-bond donors (Lipinski definition) is 0. The van der Waals surface area contributed by atoms with Crippen LogP contribution in [0.4, 0.5) is 5.69 Å². The van der Waals surface area contributed by atoms with Crippen molar-refractivity contribution < 1.29 is 45.5 Å². The quantitative estimate of drug-likeness (QED) is 0.526. The third-order valence-corrected chi connectivity index (χ3v) is 5.64. The van der Waals surface area contributed by atoms with Gasteiger partial charge in [-0.05, 0) is 0 Å². The second-order valence-electron chi connectivity index (χ2n) is 7.88. The number of anilines is 1. The van der Waals surface area contributed by atoms with Crippen LogP contribution in [0, 0.1) is 20.8 Å². The Balaban J connectivity index is 0.00000210. The Hall–Kier alpha value is -1.03. The maximum Gasteiger partial charge on any atom is -1.00 e. The average molecular weight is 464 g/mol. The molecule has 0 atom stereocenters. The fourth-order valence-electron chi connectivity index (χ4n) is 4.06. The number of likely N-dealkylation sites (N-methyl/N-ethyl adjacent to an activating group) is 1. The van der Waals surface area contributed by atoms with Gasteiger partial charge < -0.3 is 24.8 Å². The van der Waals surface area contributed by atoms with E-state index in [1.165, 1.54) is 44.7 Å². The van der Waals surface area contributed by atoms with Crippen molar-refractivity contribution in [1.82, 2.24) is 4.90 Å². The van der Waals surface area contributed by atoms with Gasteiger partial charge in [-0.3, -0.25) is 0 Å². The summed E-state index contributed by atoms with van der Waals surface area (Å²) in [5.41, 5.74) is 11.0. The topological polar surface area (TPSA) is 6.48 Å². The van der Waals surface area contributed by atoms with E-state index in [9.17, 15) is 0 Å². The van der Waals surface area contributed by atoms with Crippen molar-refractivity contribution in [2.45, 2.75) is 33.7 Å². The first-order chi connectivity index (χ1) is 12.8. The number of halogens is 2. The standard InChI is InChI=1S/C24H29N2.2ClH.Ti/c1-17-12-18(2)24(19(3)13-17)25-15-22-8-6-7-9-23(22)21-11-10-20(14-21)16-26(4)5;;;/h6-10,12-14H,11,15-16H2,1-5H3;2*1H;/q-1;;;+3/p-2. The molecule has 0 fully saturated rings. The van der Waals surface area contributed by atoms with Crippen molar-refractivity contribution in [3.05, 3.63) is 81.9 Å². The predicted molar refractivity (Wildman–Crippen MR) is 113 cm³/mol. The molecule has 0 spiro atoms. The van der Waals surface area contributed by atoms with Crippen molar-refractivity contribution in [3.63, 3.8) is 0 Å². The molecule has 2 aromatic carbocycles. The normalized spacial score (nSPS) is 12.8. The summed E-state index contributed by atoms with van der Waals surface area (Å²) in [5, 5.41) is 0. The molecule has 3 rings (SSSR count). The van der Waals surface area contributed by atoms with Crippen LogP contribution in [0.5, 0.6) is 0 Å². The van der Waals surface area contributed by atoms with Crippen molar-refractivity contribution in [3.8, 4) is 0 Å². The summed E-state index contributed by atoms with van der Waals surface area (Å²) < 4.78 is 2.40. The molecule has 0 bridgehead atoms. The Bertz CT molecular complexity index is 880. The summed E-state index contributed by atoms with van der Waals surface area (Å²) in [6.07, 6.45) is 5.78. The summed E-state index contributed by atoms with van der Waals surface area (Å²) in [6.45, 7) is 8.53. The van der Waals surface area contributed by atoms with E-state index in [2.05, 4.69) is 112 Å². The molecule has 0 saturated carbocycles. The van der Waals surface area contributed by atoms with Crippen molar-refractivity contribution >= 4 is 11.3 Å². The van der Waals surface area contributed by atoms with Crippen LogP contribution in [-0.4, -0.2) is 25.5 Å². The van der Waals surface area contributed by atoms with Crippen LogP contribution in [-0.2, 0) is 27.2 Å². The Morgan fingerprint density at radius 3 is 2.17 bits per heavy atom. The molecular weight excluding hydrogens is 435 g/mol. The van der Waals surface area contributed by atoms with Crippen LogP contribution in [0.25, 0.3) is 5.57 Å². The van der Waals surface area contributed by atoms with Gasteiger partial charge in [0.2, 0.25) is 0 Å². The average Bonchev–Trinajstić information content (AvgIpc) is 3.01. The minimum atomic E-state index is 0. The Kier molecular flexibility index (Phi) is 10.2. The minimum absolute atomic E-state index is 0. The zero-order valence-electron chi connectivity index (χ0n) is 17.9. The van der Waals surface area contributed by atoms with Crippen molar-refractivity contribution in [1.29, 1.82) is 0 Å². The summed E-state index contributed by atoms with van der Waals surface area (Å²) in [6, 6.07) is 13.4. The molecular formula is C24H29Cl2N2Ti. The molecule has 0 aromatic heterocycles. The van der Waals surface area contributed by atoms with E-state index >= 15 is 0 Å².